The van der Waals surface area contributed by atoms with E-state index in [0.29, 0.717) is 12.8 Å². The van der Waals surface area contributed by atoms with Gasteiger partial charge in [-0.3, -0.25) is 0 Å². The van der Waals surface area contributed by atoms with Crippen LogP contribution in [0.25, 0.3) is 4.85 Å². The Bertz CT molecular complexity index is 506. The Morgan fingerprint density at radius 2 is 2.32 bits per heavy atom. The molecule has 8 atom stereocenters. The average Bonchev–Trinajstić information content (AvgIpc) is 3.19. The highest BCUT2D eigenvalue weighted by atomic mass is 79.9. The average molecular weight is 443 g/mol. The molecule has 0 aliphatic carbocycles. The number of halogens is 1. The van der Waals surface area contributed by atoms with Gasteiger partial charge in [-0.1, -0.05) is 22.9 Å². The highest BCUT2D eigenvalue weighted by Crippen LogP contribution is 2.46. The Balaban J connectivity index is 2.05. The largest absolute Gasteiger partial charge is 0.376 e. The lowest BCUT2D eigenvalue weighted by Gasteiger charge is -2.30. The number of hydrogen-bond donors (Lipinski definition) is 0. The summed E-state index contributed by atoms with van der Waals surface area (Å²) in [4.78, 5) is 3.29. The summed E-state index contributed by atoms with van der Waals surface area (Å²) < 4.78 is 52.4. The summed E-state index contributed by atoms with van der Waals surface area (Å²) in [5.41, 5.74) is 0. The predicted octanol–water partition coefficient (Wildman–Crippen LogP) is 4.33. The van der Waals surface area contributed by atoms with E-state index in [9.17, 15) is 0 Å². The van der Waals surface area contributed by atoms with E-state index in [0.717, 1.165) is 18.2 Å². The first kappa shape index (κ1) is 17.3. The summed E-state index contributed by atoms with van der Waals surface area (Å²) in [6.45, 7) is 8.11. The van der Waals surface area contributed by atoms with Gasteiger partial charge in [0.15, 0.2) is 0 Å². The molecule has 144 valence electrons. The minimum absolute atomic E-state index is 0.00157. The van der Waals surface area contributed by atoms with Crippen LogP contribution in [0, 0.1) is 12.5 Å². The minimum Gasteiger partial charge on any atom is -0.376 e. The quantitative estimate of drug-likeness (QED) is 0.206. The van der Waals surface area contributed by atoms with Gasteiger partial charge in [0.2, 0.25) is 6.54 Å². The van der Waals surface area contributed by atoms with Crippen LogP contribution in [-0.4, -0.2) is 56.1 Å². The number of alkyl halides is 1. The molecule has 8 heteroatoms. The molecule has 6 nitrogen and oxygen atoms in total. The Morgan fingerprint density at radius 1 is 1.48 bits per heavy atom. The lowest BCUT2D eigenvalue weighted by atomic mass is 9.97. The molecule has 2 unspecified atom stereocenters. The zero-order valence-electron chi connectivity index (χ0n) is 17.5. The van der Waals surface area contributed by atoms with Crippen molar-refractivity contribution in [3.05, 3.63) is 11.4 Å². The van der Waals surface area contributed by atoms with Gasteiger partial charge in [-0.05, 0) is 38.5 Å². The third kappa shape index (κ3) is 7.03. The molecule has 0 saturated carbocycles. The van der Waals surface area contributed by atoms with Crippen LogP contribution in [0.1, 0.15) is 43.6 Å². The molecule has 2 aliphatic heterocycles. The van der Waals surface area contributed by atoms with Crippen molar-refractivity contribution in [1.29, 1.82) is 0 Å². The summed E-state index contributed by atoms with van der Waals surface area (Å²) in [7, 11) is -1.79. The van der Waals surface area contributed by atoms with Crippen molar-refractivity contribution in [2.24, 2.45) is 5.92 Å². The van der Waals surface area contributed by atoms with E-state index >= 15 is 0 Å². The zero-order valence-corrected chi connectivity index (χ0v) is 17.0. The minimum atomic E-state index is -1.79. The van der Waals surface area contributed by atoms with Crippen molar-refractivity contribution in [2.45, 2.75) is 63.9 Å². The highest BCUT2D eigenvalue weighted by molar-refractivity contribution is 9.09. The molecule has 2 heterocycles. The third-order valence-corrected chi connectivity index (χ3v) is 5.97. The molecule has 0 amide bonds. The van der Waals surface area contributed by atoms with Crippen LogP contribution >= 0.6 is 24.5 Å². The summed E-state index contributed by atoms with van der Waals surface area (Å²) in [5.74, 6) is 0.191. The second-order valence-corrected chi connectivity index (χ2v) is 8.03. The van der Waals surface area contributed by atoms with Crippen molar-refractivity contribution in [3.63, 3.8) is 0 Å². The Morgan fingerprint density at radius 3 is 3.00 bits per heavy atom. The van der Waals surface area contributed by atoms with Crippen molar-refractivity contribution in [1.82, 2.24) is 0 Å². The molecule has 2 rings (SSSR count). The van der Waals surface area contributed by atoms with Gasteiger partial charge < -0.3 is 27.9 Å². The van der Waals surface area contributed by atoms with Crippen LogP contribution in [0.3, 0.4) is 0 Å². The molecular formula is C17H29BrNO5P. The van der Waals surface area contributed by atoms with E-state index in [2.05, 4.69) is 27.7 Å². The van der Waals surface area contributed by atoms with Crippen LogP contribution < -0.4 is 0 Å². The van der Waals surface area contributed by atoms with Gasteiger partial charge in [-0.2, -0.15) is 0 Å². The van der Waals surface area contributed by atoms with Gasteiger partial charge in [0, 0.05) is 19.9 Å². The van der Waals surface area contributed by atoms with Gasteiger partial charge in [0.05, 0.1) is 27.2 Å². The smallest absolute Gasteiger partial charge is 0.333 e. The standard InChI is InChI=1S/C17H29BrNO5P/c1-13-6-10-21-17(13)16(5-4-8-18)24-25(22-12-9-19-3)23-15-7-11-20-14(15)2/h13-17H,4-12H2,1-2H3/t13-,14+,15-,16?,17-,25?/m0/s1/i2D,10T,11T/t10-,11-,13+,14-,15+,16?,17+,25?/m1. The number of nitrogens with zero attached hydrogens (tertiary/aromatic N) is 1. The molecule has 0 aromatic carbocycles. The molecule has 0 aromatic rings. The summed E-state index contributed by atoms with van der Waals surface area (Å²) >= 11 is 3.44. The van der Waals surface area contributed by atoms with Gasteiger partial charge >= 0.3 is 8.60 Å². The van der Waals surface area contributed by atoms with Crippen LogP contribution in [0.15, 0.2) is 0 Å². The number of rotatable bonds is 11. The number of ether oxygens (including phenoxy) is 2. The van der Waals surface area contributed by atoms with E-state index in [1.54, 1.807) is 0 Å². The van der Waals surface area contributed by atoms with Crippen LogP contribution in [0.4, 0.5) is 0 Å². The molecule has 0 N–H and O–H groups in total. The van der Waals surface area contributed by atoms with Crippen LogP contribution in [0.5, 0.6) is 0 Å². The maximum Gasteiger partial charge on any atom is 0.333 e. The first-order valence-corrected chi connectivity index (χ1v) is 10.8. The first-order chi connectivity index (χ1) is 13.5. The van der Waals surface area contributed by atoms with Crippen LogP contribution in [-0.2, 0) is 23.0 Å². The van der Waals surface area contributed by atoms with Gasteiger partial charge in [0.25, 0.3) is 0 Å². The third-order valence-electron chi connectivity index (χ3n) is 4.13. The van der Waals surface area contributed by atoms with E-state index in [1.807, 2.05) is 0 Å². The van der Waals surface area contributed by atoms with Crippen molar-refractivity contribution in [2.75, 3.05) is 31.6 Å². The Labute approximate surface area is 165 Å². The van der Waals surface area contributed by atoms with Crippen LogP contribution in [0.2, 0.25) is 0 Å². The molecule has 0 aromatic heterocycles. The van der Waals surface area contributed by atoms with Crippen molar-refractivity contribution < 1.29 is 27.2 Å². The van der Waals surface area contributed by atoms with E-state index < -0.39 is 34.0 Å². The summed E-state index contributed by atoms with van der Waals surface area (Å²) in [6.07, 6.45) is 1.19. The maximum atomic E-state index is 7.90. The fourth-order valence-corrected chi connectivity index (χ4v) is 4.30. The molecule has 25 heavy (non-hydrogen) atoms. The predicted molar refractivity (Wildman–Crippen MR) is 101 cm³/mol. The second kappa shape index (κ2) is 11.8. The molecule has 0 spiro atoms. The monoisotopic (exact) mass is 442 g/mol. The van der Waals surface area contributed by atoms with E-state index in [-0.39, 0.29) is 38.2 Å². The SMILES string of the molecule is [2H]C[C@H]1O[C@H]([3H])C[C@@H]1OP(OCC[N+]#[C-])OC(CCCBr)[C@H]1O[C@H]([3H])C[C@@H]1C. The van der Waals surface area contributed by atoms with Crippen molar-refractivity contribution >= 4 is 24.5 Å². The number of hydrogen-bond acceptors (Lipinski definition) is 5. The maximum absolute atomic E-state index is 7.90. The zero-order chi connectivity index (χ0) is 20.5. The van der Waals surface area contributed by atoms with Gasteiger partial charge in [0.1, 0.15) is 6.61 Å². The lowest BCUT2D eigenvalue weighted by molar-refractivity contribution is -0.0256. The Hall–Kier alpha value is 0.200. The molecular weight excluding hydrogens is 409 g/mol. The van der Waals surface area contributed by atoms with Gasteiger partial charge in [-0.15, -0.1) is 0 Å². The van der Waals surface area contributed by atoms with E-state index in [4.69, 9.17) is 33.7 Å². The fourth-order valence-electron chi connectivity index (χ4n) is 2.69. The van der Waals surface area contributed by atoms with E-state index in [1.165, 1.54) is 0 Å². The fraction of sp³-hybridized carbons (Fsp3) is 0.941. The Kier molecular flexibility index (Phi) is 8.18. The normalized spacial score (nSPS) is 39.3. The first-order valence-electron chi connectivity index (χ1n) is 10.4. The second-order valence-electron chi connectivity index (χ2n) is 6.11. The molecule has 2 fully saturated rings. The highest BCUT2D eigenvalue weighted by Gasteiger charge is 2.37. The molecule has 0 radical (unpaired) electrons. The van der Waals surface area contributed by atoms with Crippen molar-refractivity contribution in [3.8, 4) is 0 Å². The molecule has 2 aliphatic rings. The summed E-state index contributed by atoms with van der Waals surface area (Å²) in [6, 6.07) is 0. The molecule has 2 saturated heterocycles. The molecule has 0 bridgehead atoms. The lowest BCUT2D eigenvalue weighted by Crippen LogP contribution is -2.32. The van der Waals surface area contributed by atoms with Gasteiger partial charge in [-0.25, -0.2) is 6.57 Å². The summed E-state index contributed by atoms with van der Waals surface area (Å²) in [5, 5.41) is 0.827. The topological polar surface area (TPSA) is 50.5 Å².